The molecule has 88 valence electrons. The van der Waals surface area contributed by atoms with Crippen molar-refractivity contribution in [2.75, 3.05) is 10.7 Å². The van der Waals surface area contributed by atoms with E-state index in [1.54, 1.807) is 0 Å². The van der Waals surface area contributed by atoms with E-state index < -0.39 is 0 Å². The van der Waals surface area contributed by atoms with Crippen LogP contribution in [0.4, 0.5) is 11.6 Å². The van der Waals surface area contributed by atoms with E-state index in [1.165, 1.54) is 19.3 Å². The smallest absolute Gasteiger partial charge is 0.145 e. The number of nitrogens with zero attached hydrogens (tertiary/aromatic N) is 2. The zero-order chi connectivity index (χ0) is 11.6. The van der Waals surface area contributed by atoms with Crippen LogP contribution in [0.15, 0.2) is 6.07 Å². The molecule has 1 heterocycles. The topological polar surface area (TPSA) is 75.9 Å². The molecule has 1 aromatic heterocycles. The van der Waals surface area contributed by atoms with Gasteiger partial charge in [0, 0.05) is 18.0 Å². The van der Waals surface area contributed by atoms with Gasteiger partial charge in [-0.05, 0) is 26.2 Å². The molecule has 0 radical (unpaired) electrons. The number of anilines is 2. The Morgan fingerprint density at radius 2 is 2.06 bits per heavy atom. The van der Waals surface area contributed by atoms with Crippen molar-refractivity contribution in [2.24, 2.45) is 5.84 Å². The SMILES string of the molecule is CCc1nc(NN)cc(NC2(C)CCC2)n1. The number of hydrogen-bond acceptors (Lipinski definition) is 5. The molecular formula is C11H19N5. The first-order chi connectivity index (χ1) is 7.65. The maximum absolute atomic E-state index is 5.38. The Kier molecular flexibility index (Phi) is 2.96. The Bertz CT molecular complexity index is 350. The molecule has 1 aliphatic rings. The molecule has 0 atom stereocenters. The number of hydrazine groups is 1. The molecule has 0 amide bonds. The van der Waals surface area contributed by atoms with Crippen molar-refractivity contribution in [3.05, 3.63) is 11.9 Å². The number of aromatic nitrogens is 2. The lowest BCUT2D eigenvalue weighted by atomic mass is 9.78. The number of nitrogen functional groups attached to an aromatic ring is 1. The molecule has 1 saturated carbocycles. The Morgan fingerprint density at radius 3 is 2.56 bits per heavy atom. The van der Waals surface area contributed by atoms with Crippen molar-refractivity contribution >= 4 is 11.6 Å². The summed E-state index contributed by atoms with van der Waals surface area (Å²) in [4.78, 5) is 8.71. The zero-order valence-corrected chi connectivity index (χ0v) is 9.88. The standard InChI is InChI=1S/C11H19N5/c1-3-8-13-9(7-10(14-8)16-12)15-11(2)5-4-6-11/h7H,3-6,12H2,1-2H3,(H2,13,14,15,16). The van der Waals surface area contributed by atoms with Gasteiger partial charge in [-0.1, -0.05) is 6.92 Å². The summed E-state index contributed by atoms with van der Waals surface area (Å²) in [6, 6.07) is 1.85. The second-order valence-corrected chi connectivity index (χ2v) is 4.59. The zero-order valence-electron chi connectivity index (χ0n) is 9.88. The molecule has 2 rings (SSSR count). The monoisotopic (exact) mass is 221 g/mol. The van der Waals surface area contributed by atoms with E-state index in [9.17, 15) is 0 Å². The Labute approximate surface area is 95.8 Å². The van der Waals surface area contributed by atoms with Gasteiger partial charge in [-0.15, -0.1) is 0 Å². The normalized spacial score (nSPS) is 17.7. The van der Waals surface area contributed by atoms with Gasteiger partial charge in [-0.25, -0.2) is 15.8 Å². The lowest BCUT2D eigenvalue weighted by Gasteiger charge is -2.39. The molecule has 0 aromatic carbocycles. The molecule has 0 saturated heterocycles. The summed E-state index contributed by atoms with van der Waals surface area (Å²) >= 11 is 0. The van der Waals surface area contributed by atoms with Crippen molar-refractivity contribution in [3.63, 3.8) is 0 Å². The number of nitrogens with two attached hydrogens (primary N) is 1. The van der Waals surface area contributed by atoms with E-state index in [0.717, 1.165) is 18.1 Å². The molecular weight excluding hydrogens is 202 g/mol. The first kappa shape index (κ1) is 11.1. The molecule has 0 aliphatic heterocycles. The van der Waals surface area contributed by atoms with Crippen LogP contribution in [0.25, 0.3) is 0 Å². The summed E-state index contributed by atoms with van der Waals surface area (Å²) in [5, 5.41) is 3.46. The van der Waals surface area contributed by atoms with E-state index >= 15 is 0 Å². The van der Waals surface area contributed by atoms with Crippen LogP contribution in [0, 0.1) is 0 Å². The van der Waals surface area contributed by atoms with Crippen molar-refractivity contribution in [1.82, 2.24) is 9.97 Å². The maximum atomic E-state index is 5.38. The van der Waals surface area contributed by atoms with Gasteiger partial charge >= 0.3 is 0 Å². The number of hydrogen-bond donors (Lipinski definition) is 3. The minimum absolute atomic E-state index is 0.200. The second kappa shape index (κ2) is 4.25. The third-order valence-corrected chi connectivity index (χ3v) is 3.12. The third-order valence-electron chi connectivity index (χ3n) is 3.12. The lowest BCUT2D eigenvalue weighted by molar-refractivity contribution is 0.305. The molecule has 1 fully saturated rings. The van der Waals surface area contributed by atoms with Gasteiger partial charge in [0.05, 0.1) is 0 Å². The molecule has 0 unspecified atom stereocenters. The highest BCUT2D eigenvalue weighted by Crippen LogP contribution is 2.34. The minimum Gasteiger partial charge on any atom is -0.365 e. The third kappa shape index (κ3) is 2.24. The summed E-state index contributed by atoms with van der Waals surface area (Å²) in [6.45, 7) is 4.25. The van der Waals surface area contributed by atoms with E-state index in [0.29, 0.717) is 5.82 Å². The maximum Gasteiger partial charge on any atom is 0.145 e. The molecule has 0 spiro atoms. The largest absolute Gasteiger partial charge is 0.365 e. The van der Waals surface area contributed by atoms with Crippen LogP contribution >= 0.6 is 0 Å². The van der Waals surface area contributed by atoms with Crippen LogP contribution in [0.5, 0.6) is 0 Å². The molecule has 0 bridgehead atoms. The highest BCUT2D eigenvalue weighted by molar-refractivity contribution is 5.48. The Hall–Kier alpha value is -1.36. The number of aryl methyl sites for hydroxylation is 1. The summed E-state index contributed by atoms with van der Waals surface area (Å²) < 4.78 is 0. The fourth-order valence-corrected chi connectivity index (χ4v) is 1.93. The second-order valence-electron chi connectivity index (χ2n) is 4.59. The Morgan fingerprint density at radius 1 is 1.38 bits per heavy atom. The molecule has 1 aromatic rings. The lowest BCUT2D eigenvalue weighted by Crippen LogP contribution is -2.42. The van der Waals surface area contributed by atoms with Crippen LogP contribution in [0.2, 0.25) is 0 Å². The van der Waals surface area contributed by atoms with Crippen LogP contribution in [-0.2, 0) is 6.42 Å². The van der Waals surface area contributed by atoms with Crippen molar-refractivity contribution in [3.8, 4) is 0 Å². The van der Waals surface area contributed by atoms with E-state index in [2.05, 4.69) is 27.6 Å². The quantitative estimate of drug-likeness (QED) is 0.532. The van der Waals surface area contributed by atoms with Crippen molar-refractivity contribution < 1.29 is 0 Å². The molecule has 4 N–H and O–H groups in total. The fourth-order valence-electron chi connectivity index (χ4n) is 1.93. The molecule has 16 heavy (non-hydrogen) atoms. The molecule has 1 aliphatic carbocycles. The van der Waals surface area contributed by atoms with Gasteiger partial charge in [-0.3, -0.25) is 0 Å². The molecule has 5 nitrogen and oxygen atoms in total. The summed E-state index contributed by atoms with van der Waals surface area (Å²) in [7, 11) is 0. The van der Waals surface area contributed by atoms with Crippen LogP contribution in [-0.4, -0.2) is 15.5 Å². The highest BCUT2D eigenvalue weighted by Gasteiger charge is 2.31. The first-order valence-electron chi connectivity index (χ1n) is 5.78. The van der Waals surface area contributed by atoms with Crippen LogP contribution in [0.3, 0.4) is 0 Å². The van der Waals surface area contributed by atoms with Crippen LogP contribution < -0.4 is 16.6 Å². The van der Waals surface area contributed by atoms with Gasteiger partial charge in [0.2, 0.25) is 0 Å². The Balaban J connectivity index is 2.18. The highest BCUT2D eigenvalue weighted by atomic mass is 15.3. The predicted molar refractivity (Wildman–Crippen MR) is 65.1 cm³/mol. The van der Waals surface area contributed by atoms with Gasteiger partial charge in [0.15, 0.2) is 0 Å². The first-order valence-corrected chi connectivity index (χ1v) is 5.78. The predicted octanol–water partition coefficient (Wildman–Crippen LogP) is 1.68. The minimum atomic E-state index is 0.200. The number of rotatable bonds is 4. The van der Waals surface area contributed by atoms with E-state index in [-0.39, 0.29) is 5.54 Å². The van der Waals surface area contributed by atoms with Crippen LogP contribution in [0.1, 0.15) is 38.9 Å². The average molecular weight is 221 g/mol. The van der Waals surface area contributed by atoms with Gasteiger partial charge in [-0.2, -0.15) is 0 Å². The summed E-state index contributed by atoms with van der Waals surface area (Å²) in [5.74, 6) is 7.72. The average Bonchev–Trinajstić information content (AvgIpc) is 2.26. The fraction of sp³-hybridized carbons (Fsp3) is 0.636. The van der Waals surface area contributed by atoms with Crippen molar-refractivity contribution in [1.29, 1.82) is 0 Å². The number of nitrogens with one attached hydrogen (secondary N) is 2. The summed E-state index contributed by atoms with van der Waals surface area (Å²) in [5.41, 5.74) is 2.77. The van der Waals surface area contributed by atoms with E-state index in [1.807, 2.05) is 13.0 Å². The van der Waals surface area contributed by atoms with Crippen molar-refractivity contribution in [2.45, 2.75) is 45.1 Å². The van der Waals surface area contributed by atoms with Gasteiger partial charge in [0.1, 0.15) is 17.5 Å². The summed E-state index contributed by atoms with van der Waals surface area (Å²) in [6.07, 6.45) is 4.49. The van der Waals surface area contributed by atoms with Gasteiger partial charge in [0.25, 0.3) is 0 Å². The molecule has 5 heteroatoms. The van der Waals surface area contributed by atoms with E-state index in [4.69, 9.17) is 5.84 Å². The van der Waals surface area contributed by atoms with Gasteiger partial charge < -0.3 is 10.7 Å².